The lowest BCUT2D eigenvalue weighted by molar-refractivity contribution is 0.0885. The molecule has 4 rings (SSSR count). The molecule has 3 aromatic rings. The maximum atomic E-state index is 13.0. The first-order valence-corrected chi connectivity index (χ1v) is 12.4. The standard InChI is InChI=1S/C25H36N6O3/c1-4-7-23(24-27-28-29-31(24)16-21-8-5-11-34-21)30(9-6-10-32)15-20-14-19-12-17(2)18(3)13-22(19)26-25(20)33/h12-14,21,23,32H,4-11,15-16H2,1-3H3,(H,26,33)/t21-,23+/m1/s1. The van der Waals surface area contributed by atoms with Gasteiger partial charge < -0.3 is 14.8 Å². The van der Waals surface area contributed by atoms with Gasteiger partial charge in [0.05, 0.1) is 18.7 Å². The summed E-state index contributed by atoms with van der Waals surface area (Å²) in [5, 5.41) is 23.2. The van der Waals surface area contributed by atoms with Crippen LogP contribution in [0.2, 0.25) is 0 Å². The lowest BCUT2D eigenvalue weighted by Crippen LogP contribution is -2.34. The molecule has 1 aliphatic rings. The molecule has 0 amide bonds. The molecule has 0 bridgehead atoms. The summed E-state index contributed by atoms with van der Waals surface area (Å²) in [5.41, 5.74) is 3.82. The molecule has 2 N–H and O–H groups in total. The van der Waals surface area contributed by atoms with Crippen molar-refractivity contribution in [1.29, 1.82) is 0 Å². The third-order valence-corrected chi connectivity index (χ3v) is 6.77. The zero-order chi connectivity index (χ0) is 24.1. The lowest BCUT2D eigenvalue weighted by Gasteiger charge is -2.31. The number of nitrogens with one attached hydrogen (secondary N) is 1. The van der Waals surface area contributed by atoms with E-state index in [0.29, 0.717) is 31.6 Å². The Balaban J connectivity index is 1.66. The van der Waals surface area contributed by atoms with Crippen molar-refractivity contribution in [3.8, 4) is 0 Å². The van der Waals surface area contributed by atoms with E-state index in [1.165, 1.54) is 5.56 Å². The maximum Gasteiger partial charge on any atom is 0.252 e. The largest absolute Gasteiger partial charge is 0.396 e. The van der Waals surface area contributed by atoms with Gasteiger partial charge in [-0.25, -0.2) is 4.68 Å². The van der Waals surface area contributed by atoms with Crippen LogP contribution in [0.25, 0.3) is 10.9 Å². The second kappa shape index (κ2) is 11.2. The Kier molecular flexibility index (Phi) is 8.07. The fourth-order valence-electron chi connectivity index (χ4n) is 4.79. The number of aryl methyl sites for hydroxylation is 2. The van der Waals surface area contributed by atoms with Gasteiger partial charge in [0, 0.05) is 37.4 Å². The molecule has 2 aromatic heterocycles. The van der Waals surface area contributed by atoms with Crippen LogP contribution in [0.4, 0.5) is 0 Å². The summed E-state index contributed by atoms with van der Waals surface area (Å²) in [6.07, 6.45) is 4.60. The number of benzene rings is 1. The second-order valence-electron chi connectivity index (χ2n) is 9.35. The number of rotatable bonds is 11. The smallest absolute Gasteiger partial charge is 0.252 e. The molecule has 1 fully saturated rings. The van der Waals surface area contributed by atoms with Crippen molar-refractivity contribution in [2.24, 2.45) is 0 Å². The summed E-state index contributed by atoms with van der Waals surface area (Å²) in [7, 11) is 0. The Hall–Kier alpha value is -2.62. The molecule has 0 saturated carbocycles. The van der Waals surface area contributed by atoms with Crippen molar-refractivity contribution in [3.63, 3.8) is 0 Å². The molecule has 3 heterocycles. The molecule has 34 heavy (non-hydrogen) atoms. The zero-order valence-electron chi connectivity index (χ0n) is 20.5. The van der Waals surface area contributed by atoms with Crippen LogP contribution in [-0.4, -0.2) is 61.1 Å². The number of aliphatic hydroxyl groups excluding tert-OH is 1. The molecule has 0 unspecified atom stereocenters. The summed E-state index contributed by atoms with van der Waals surface area (Å²) < 4.78 is 7.67. The van der Waals surface area contributed by atoms with Crippen LogP contribution in [0.3, 0.4) is 0 Å². The number of H-pyrrole nitrogens is 1. The van der Waals surface area contributed by atoms with Gasteiger partial charge >= 0.3 is 0 Å². The van der Waals surface area contributed by atoms with Gasteiger partial charge in [-0.2, -0.15) is 0 Å². The van der Waals surface area contributed by atoms with Crippen molar-refractivity contribution in [3.05, 3.63) is 51.1 Å². The molecule has 9 nitrogen and oxygen atoms in total. The maximum absolute atomic E-state index is 13.0. The van der Waals surface area contributed by atoms with Crippen molar-refractivity contribution in [2.45, 2.75) is 78.1 Å². The van der Waals surface area contributed by atoms with Crippen LogP contribution in [-0.2, 0) is 17.8 Å². The topological polar surface area (TPSA) is 109 Å². The van der Waals surface area contributed by atoms with Crippen LogP contribution in [0.5, 0.6) is 0 Å². The van der Waals surface area contributed by atoms with Crippen molar-refractivity contribution < 1.29 is 9.84 Å². The minimum atomic E-state index is -0.0843. The molecule has 1 saturated heterocycles. The fraction of sp³-hybridized carbons (Fsp3) is 0.600. The predicted octanol–water partition coefficient (Wildman–Crippen LogP) is 3.04. The number of nitrogens with zero attached hydrogens (tertiary/aromatic N) is 5. The quantitative estimate of drug-likeness (QED) is 0.445. The number of tetrazole rings is 1. The van der Waals surface area contributed by atoms with E-state index in [1.54, 1.807) is 0 Å². The SMILES string of the molecule is CCC[C@@H](c1nnnn1C[C@H]1CCCO1)N(CCCO)Cc1cc2cc(C)c(C)cc2[nH]c1=O. The average molecular weight is 469 g/mol. The Morgan fingerprint density at radius 3 is 2.85 bits per heavy atom. The molecule has 0 radical (unpaired) electrons. The van der Waals surface area contributed by atoms with E-state index in [1.807, 2.05) is 23.7 Å². The molecule has 1 aromatic carbocycles. The minimum absolute atomic E-state index is 0.0668. The molecular formula is C25H36N6O3. The third-order valence-electron chi connectivity index (χ3n) is 6.77. The van der Waals surface area contributed by atoms with Crippen LogP contribution in [0.1, 0.15) is 67.6 Å². The Labute approximate surface area is 200 Å². The fourth-order valence-corrected chi connectivity index (χ4v) is 4.79. The molecule has 2 atom stereocenters. The normalized spacial score (nSPS) is 17.1. The van der Waals surface area contributed by atoms with Crippen LogP contribution in [0.15, 0.2) is 23.0 Å². The molecule has 1 aliphatic heterocycles. The van der Waals surface area contributed by atoms with Crippen molar-refractivity contribution in [1.82, 2.24) is 30.1 Å². The molecular weight excluding hydrogens is 432 g/mol. The van der Waals surface area contributed by atoms with Gasteiger partial charge in [-0.05, 0) is 84.7 Å². The number of pyridine rings is 1. The average Bonchev–Trinajstić information content (AvgIpc) is 3.49. The second-order valence-corrected chi connectivity index (χ2v) is 9.35. The van der Waals surface area contributed by atoms with Crippen LogP contribution < -0.4 is 5.56 Å². The minimum Gasteiger partial charge on any atom is -0.396 e. The Bertz CT molecular complexity index is 1150. The Morgan fingerprint density at radius 1 is 1.29 bits per heavy atom. The number of ether oxygens (including phenoxy) is 1. The van der Waals surface area contributed by atoms with E-state index in [9.17, 15) is 9.90 Å². The highest BCUT2D eigenvalue weighted by atomic mass is 16.5. The van der Waals surface area contributed by atoms with Gasteiger partial charge in [-0.15, -0.1) is 5.10 Å². The monoisotopic (exact) mass is 468 g/mol. The first-order chi connectivity index (χ1) is 16.5. The lowest BCUT2D eigenvalue weighted by atomic mass is 10.0. The number of hydrogen-bond donors (Lipinski definition) is 2. The first kappa shape index (κ1) is 24.5. The molecule has 9 heteroatoms. The number of aromatic nitrogens is 5. The van der Waals surface area contributed by atoms with E-state index >= 15 is 0 Å². The summed E-state index contributed by atoms with van der Waals surface area (Å²) in [5.74, 6) is 0.791. The van der Waals surface area contributed by atoms with Gasteiger partial charge in [0.15, 0.2) is 5.82 Å². The Morgan fingerprint density at radius 2 is 2.12 bits per heavy atom. The van der Waals surface area contributed by atoms with Crippen LogP contribution in [0, 0.1) is 13.8 Å². The van der Waals surface area contributed by atoms with E-state index < -0.39 is 0 Å². The number of aliphatic hydroxyl groups is 1. The van der Waals surface area contributed by atoms with Gasteiger partial charge in [0.2, 0.25) is 0 Å². The highest BCUT2D eigenvalue weighted by molar-refractivity contribution is 5.80. The third kappa shape index (κ3) is 5.54. The molecule has 184 valence electrons. The molecule has 0 aliphatic carbocycles. The van der Waals surface area contributed by atoms with Gasteiger partial charge in [0.25, 0.3) is 5.56 Å². The van der Waals surface area contributed by atoms with E-state index in [-0.39, 0.29) is 24.3 Å². The number of aromatic amines is 1. The highest BCUT2D eigenvalue weighted by Crippen LogP contribution is 2.27. The summed E-state index contributed by atoms with van der Waals surface area (Å²) in [4.78, 5) is 18.3. The van der Waals surface area contributed by atoms with Gasteiger partial charge in [-0.1, -0.05) is 13.3 Å². The van der Waals surface area contributed by atoms with Gasteiger partial charge in [-0.3, -0.25) is 9.69 Å². The van der Waals surface area contributed by atoms with Crippen LogP contribution >= 0.6 is 0 Å². The predicted molar refractivity (Wildman–Crippen MR) is 131 cm³/mol. The van der Waals surface area contributed by atoms with E-state index in [4.69, 9.17) is 4.74 Å². The van der Waals surface area contributed by atoms with Gasteiger partial charge in [0.1, 0.15) is 0 Å². The first-order valence-electron chi connectivity index (χ1n) is 12.4. The van der Waals surface area contributed by atoms with E-state index in [2.05, 4.69) is 45.3 Å². The number of fused-ring (bicyclic) bond motifs is 1. The zero-order valence-corrected chi connectivity index (χ0v) is 20.5. The summed E-state index contributed by atoms with van der Waals surface area (Å²) in [6, 6.07) is 6.07. The number of hydrogen-bond acceptors (Lipinski definition) is 7. The highest BCUT2D eigenvalue weighted by Gasteiger charge is 2.28. The summed E-state index contributed by atoms with van der Waals surface area (Å²) >= 11 is 0. The van der Waals surface area contributed by atoms with E-state index in [0.717, 1.165) is 54.6 Å². The summed E-state index contributed by atoms with van der Waals surface area (Å²) in [6.45, 7) is 8.86. The van der Waals surface area contributed by atoms with Crippen molar-refractivity contribution in [2.75, 3.05) is 19.8 Å². The molecule has 0 spiro atoms. The van der Waals surface area contributed by atoms with Crippen molar-refractivity contribution >= 4 is 10.9 Å².